The van der Waals surface area contributed by atoms with Gasteiger partial charge in [0.2, 0.25) is 0 Å². The number of para-hydroxylation sites is 1. The van der Waals surface area contributed by atoms with Gasteiger partial charge in [-0.25, -0.2) is 0 Å². The molecule has 2 aromatic rings. The third-order valence-corrected chi connectivity index (χ3v) is 4.73. The molecule has 0 aliphatic carbocycles. The molecule has 0 N–H and O–H groups in total. The van der Waals surface area contributed by atoms with E-state index in [1.54, 1.807) is 11.3 Å². The van der Waals surface area contributed by atoms with E-state index in [4.69, 9.17) is 4.74 Å². The fraction of sp³-hybridized carbons (Fsp3) is 0.333. The smallest absolute Gasteiger partial charge is 0.123 e. The van der Waals surface area contributed by atoms with Crippen LogP contribution in [0.3, 0.4) is 0 Å². The molecule has 0 aliphatic heterocycles. The third kappa shape index (κ3) is 3.36. The van der Waals surface area contributed by atoms with Crippen molar-refractivity contribution in [2.45, 2.75) is 32.8 Å². The molecule has 96 valence electrons. The monoisotopic (exact) mass is 324 g/mol. The highest BCUT2D eigenvalue weighted by Gasteiger charge is 2.09. The average Bonchev–Trinajstić information content (AvgIpc) is 2.81. The normalized spacial score (nSPS) is 12.4. The van der Waals surface area contributed by atoms with Gasteiger partial charge >= 0.3 is 0 Å². The van der Waals surface area contributed by atoms with Crippen LogP contribution in [-0.2, 0) is 6.61 Å². The van der Waals surface area contributed by atoms with Crippen molar-refractivity contribution in [1.82, 2.24) is 0 Å². The van der Waals surface area contributed by atoms with Crippen molar-refractivity contribution in [3.05, 3.63) is 50.6 Å². The standard InChI is InChI=1S/C15H17BrOS/c1-3-11(2)14-6-4-5-7-15(14)17-9-13-8-12(16)10-18-13/h4-8,10-11H,3,9H2,1-2H3. The van der Waals surface area contributed by atoms with Crippen LogP contribution in [-0.4, -0.2) is 0 Å². The van der Waals surface area contributed by atoms with Crippen LogP contribution in [0, 0.1) is 0 Å². The van der Waals surface area contributed by atoms with Gasteiger partial charge < -0.3 is 4.74 Å². The first-order valence-corrected chi connectivity index (χ1v) is 7.82. The summed E-state index contributed by atoms with van der Waals surface area (Å²) in [4.78, 5) is 1.24. The molecule has 0 bridgehead atoms. The molecule has 0 spiro atoms. The number of halogens is 1. The largest absolute Gasteiger partial charge is 0.488 e. The minimum absolute atomic E-state index is 0.538. The maximum absolute atomic E-state index is 5.95. The van der Waals surface area contributed by atoms with Gasteiger partial charge in [-0.1, -0.05) is 32.0 Å². The van der Waals surface area contributed by atoms with Crippen molar-refractivity contribution < 1.29 is 4.74 Å². The van der Waals surface area contributed by atoms with Crippen molar-refractivity contribution in [3.63, 3.8) is 0 Å². The molecule has 1 nitrogen and oxygen atoms in total. The van der Waals surface area contributed by atoms with Gasteiger partial charge in [0, 0.05) is 14.7 Å². The van der Waals surface area contributed by atoms with E-state index < -0.39 is 0 Å². The number of hydrogen-bond acceptors (Lipinski definition) is 2. The zero-order valence-corrected chi connectivity index (χ0v) is 13.1. The molecule has 1 atom stereocenters. The molecule has 3 heteroatoms. The van der Waals surface area contributed by atoms with Crippen LogP contribution >= 0.6 is 27.3 Å². The molecule has 1 aromatic heterocycles. The van der Waals surface area contributed by atoms with Crippen LogP contribution in [0.1, 0.15) is 36.6 Å². The maximum Gasteiger partial charge on any atom is 0.123 e. The fourth-order valence-electron chi connectivity index (χ4n) is 1.82. The summed E-state index contributed by atoms with van der Waals surface area (Å²) in [5, 5.41) is 2.08. The van der Waals surface area contributed by atoms with E-state index in [1.807, 2.05) is 6.07 Å². The molecule has 0 fully saturated rings. The first-order chi connectivity index (χ1) is 8.70. The Balaban J connectivity index is 2.09. The van der Waals surface area contributed by atoms with Gasteiger partial charge in [-0.15, -0.1) is 11.3 Å². The molecule has 2 rings (SSSR count). The summed E-state index contributed by atoms with van der Waals surface area (Å²) >= 11 is 5.18. The topological polar surface area (TPSA) is 9.23 Å². The SMILES string of the molecule is CCC(C)c1ccccc1OCc1cc(Br)cs1. The van der Waals surface area contributed by atoms with Gasteiger partial charge in [-0.05, 0) is 46.0 Å². The summed E-state index contributed by atoms with van der Waals surface area (Å²) in [7, 11) is 0. The predicted molar refractivity (Wildman–Crippen MR) is 81.5 cm³/mol. The Hall–Kier alpha value is -0.800. The second kappa shape index (κ2) is 6.39. The van der Waals surface area contributed by atoms with E-state index >= 15 is 0 Å². The highest BCUT2D eigenvalue weighted by molar-refractivity contribution is 9.10. The fourth-order valence-corrected chi connectivity index (χ4v) is 3.18. The highest BCUT2D eigenvalue weighted by atomic mass is 79.9. The molecule has 1 unspecified atom stereocenters. The molecule has 0 radical (unpaired) electrons. The van der Waals surface area contributed by atoms with E-state index in [-0.39, 0.29) is 0 Å². The Labute approximate surface area is 121 Å². The van der Waals surface area contributed by atoms with Crippen LogP contribution in [0.15, 0.2) is 40.2 Å². The van der Waals surface area contributed by atoms with Crippen molar-refractivity contribution >= 4 is 27.3 Å². The maximum atomic E-state index is 5.95. The number of rotatable bonds is 5. The lowest BCUT2D eigenvalue weighted by Crippen LogP contribution is -1.99. The molecule has 0 amide bonds. The highest BCUT2D eigenvalue weighted by Crippen LogP contribution is 2.29. The van der Waals surface area contributed by atoms with Gasteiger partial charge in [0.25, 0.3) is 0 Å². The summed E-state index contributed by atoms with van der Waals surface area (Å²) in [6.07, 6.45) is 1.13. The third-order valence-electron chi connectivity index (χ3n) is 3.05. The average molecular weight is 325 g/mol. The molecule has 0 saturated carbocycles. The van der Waals surface area contributed by atoms with Gasteiger partial charge in [0.05, 0.1) is 0 Å². The predicted octanol–water partition coefficient (Wildman–Crippen LogP) is 5.60. The lowest BCUT2D eigenvalue weighted by Gasteiger charge is -2.15. The zero-order chi connectivity index (χ0) is 13.0. The van der Waals surface area contributed by atoms with Crippen LogP contribution < -0.4 is 4.74 Å². The van der Waals surface area contributed by atoms with Crippen LogP contribution in [0.25, 0.3) is 0 Å². The minimum Gasteiger partial charge on any atom is -0.488 e. The zero-order valence-electron chi connectivity index (χ0n) is 10.7. The van der Waals surface area contributed by atoms with Gasteiger partial charge in [-0.3, -0.25) is 0 Å². The van der Waals surface area contributed by atoms with E-state index in [1.165, 1.54) is 10.4 Å². The van der Waals surface area contributed by atoms with E-state index in [0.29, 0.717) is 12.5 Å². The Morgan fingerprint density at radius 3 is 2.78 bits per heavy atom. The summed E-state index contributed by atoms with van der Waals surface area (Å²) in [5.41, 5.74) is 1.30. The second-order valence-corrected chi connectivity index (χ2v) is 6.28. The second-order valence-electron chi connectivity index (χ2n) is 4.37. The van der Waals surface area contributed by atoms with Gasteiger partial charge in [0.15, 0.2) is 0 Å². The van der Waals surface area contributed by atoms with E-state index in [0.717, 1.165) is 16.6 Å². The Morgan fingerprint density at radius 1 is 1.33 bits per heavy atom. The molecular weight excluding hydrogens is 308 g/mol. The van der Waals surface area contributed by atoms with Crippen LogP contribution in [0.2, 0.25) is 0 Å². The molecule has 0 aliphatic rings. The van der Waals surface area contributed by atoms with Crippen LogP contribution in [0.5, 0.6) is 5.75 Å². The quantitative estimate of drug-likeness (QED) is 0.695. The van der Waals surface area contributed by atoms with Crippen molar-refractivity contribution in [1.29, 1.82) is 0 Å². The summed E-state index contributed by atoms with van der Waals surface area (Å²) < 4.78 is 7.08. The lowest BCUT2D eigenvalue weighted by molar-refractivity contribution is 0.304. The Bertz CT molecular complexity index is 507. The summed E-state index contributed by atoms with van der Waals surface area (Å²) in [6, 6.07) is 10.4. The van der Waals surface area contributed by atoms with Crippen molar-refractivity contribution in [2.75, 3.05) is 0 Å². The first kappa shape index (κ1) is 13.6. The lowest BCUT2D eigenvalue weighted by atomic mass is 9.98. The molecule has 18 heavy (non-hydrogen) atoms. The van der Waals surface area contributed by atoms with Crippen LogP contribution in [0.4, 0.5) is 0 Å². The minimum atomic E-state index is 0.538. The van der Waals surface area contributed by atoms with Crippen molar-refractivity contribution in [2.24, 2.45) is 0 Å². The number of ether oxygens (including phenoxy) is 1. The Morgan fingerprint density at radius 2 is 2.11 bits per heavy atom. The molecule has 1 heterocycles. The number of hydrogen-bond donors (Lipinski definition) is 0. The van der Waals surface area contributed by atoms with E-state index in [9.17, 15) is 0 Å². The molecular formula is C15H17BrOS. The first-order valence-electron chi connectivity index (χ1n) is 6.15. The summed E-state index contributed by atoms with van der Waals surface area (Å²) in [6.45, 7) is 5.09. The Kier molecular flexibility index (Phi) is 4.84. The van der Waals surface area contributed by atoms with Gasteiger partial charge in [-0.2, -0.15) is 0 Å². The number of thiophene rings is 1. The number of benzene rings is 1. The molecule has 0 saturated heterocycles. The molecule has 1 aromatic carbocycles. The van der Waals surface area contributed by atoms with E-state index in [2.05, 4.69) is 59.4 Å². The summed E-state index contributed by atoms with van der Waals surface area (Å²) in [5.74, 6) is 1.55. The van der Waals surface area contributed by atoms with Crippen molar-refractivity contribution in [3.8, 4) is 5.75 Å². The van der Waals surface area contributed by atoms with Gasteiger partial charge in [0.1, 0.15) is 12.4 Å².